The van der Waals surface area contributed by atoms with Crippen LogP contribution in [-0.2, 0) is 23.8 Å². The van der Waals surface area contributed by atoms with Crippen molar-refractivity contribution in [2.24, 2.45) is 17.6 Å². The Bertz CT molecular complexity index is 606. The minimum atomic E-state index is -1.17. The van der Waals surface area contributed by atoms with E-state index in [1.54, 1.807) is 20.8 Å². The Morgan fingerprint density at radius 3 is 2.15 bits per heavy atom. The number of alkyl carbamates (subject to hydrolysis) is 1. The first-order valence-corrected chi connectivity index (χ1v) is 12.2. The lowest BCUT2D eigenvalue weighted by Crippen LogP contribution is -2.45. The monoisotopic (exact) mass is 489 g/mol. The Morgan fingerprint density at radius 1 is 0.971 bits per heavy atom. The highest BCUT2D eigenvalue weighted by molar-refractivity contribution is 5.79. The summed E-state index contributed by atoms with van der Waals surface area (Å²) in [5.74, 6) is -0.447. The average Bonchev–Trinajstić information content (AvgIpc) is 2.71. The molecule has 0 aromatic rings. The van der Waals surface area contributed by atoms with E-state index < -0.39 is 36.0 Å². The standard InChI is InChI=1S/C24H47N3O7/c1-16(2)14-32-21(29)18(25)11-12-20(28)27-19(22(30)33-15-17(3)4)10-8-9-13-26-23(31)34-24(5,6)7/h16-19,22,30H,8-15,25H2,1-7H3,(H,26,31)(H,27,28)/t18-,19-,22?/m0/s1. The zero-order valence-electron chi connectivity index (χ0n) is 22.0. The summed E-state index contributed by atoms with van der Waals surface area (Å²) in [7, 11) is 0. The molecule has 1 unspecified atom stereocenters. The molecule has 0 aliphatic carbocycles. The fraction of sp³-hybridized carbons (Fsp3) is 0.875. The van der Waals surface area contributed by atoms with Crippen LogP contribution in [0.1, 0.15) is 80.6 Å². The van der Waals surface area contributed by atoms with E-state index in [0.717, 1.165) is 0 Å². The molecule has 5 N–H and O–H groups in total. The van der Waals surface area contributed by atoms with Gasteiger partial charge in [-0.1, -0.05) is 27.7 Å². The van der Waals surface area contributed by atoms with Crippen LogP contribution in [0.5, 0.6) is 0 Å². The smallest absolute Gasteiger partial charge is 0.407 e. The second-order valence-electron chi connectivity index (χ2n) is 10.4. The summed E-state index contributed by atoms with van der Waals surface area (Å²) in [6, 6.07) is -1.51. The average molecular weight is 490 g/mol. The van der Waals surface area contributed by atoms with Crippen molar-refractivity contribution >= 4 is 18.0 Å². The quantitative estimate of drug-likeness (QED) is 0.147. The molecule has 0 heterocycles. The predicted molar refractivity (Wildman–Crippen MR) is 130 cm³/mol. The summed E-state index contributed by atoms with van der Waals surface area (Å²) >= 11 is 0. The van der Waals surface area contributed by atoms with E-state index in [4.69, 9.17) is 19.9 Å². The molecule has 0 aromatic carbocycles. The summed E-state index contributed by atoms with van der Waals surface area (Å²) in [5.41, 5.74) is 5.26. The number of aliphatic hydroxyl groups excluding tert-OH is 1. The number of carbonyl (C=O) groups excluding carboxylic acids is 3. The molecule has 0 fully saturated rings. The van der Waals surface area contributed by atoms with Gasteiger partial charge in [0.25, 0.3) is 0 Å². The number of hydrogen-bond acceptors (Lipinski definition) is 8. The number of rotatable bonds is 16. The number of carbonyl (C=O) groups is 3. The van der Waals surface area contributed by atoms with Gasteiger partial charge in [0, 0.05) is 13.0 Å². The van der Waals surface area contributed by atoms with E-state index in [2.05, 4.69) is 10.6 Å². The van der Waals surface area contributed by atoms with Gasteiger partial charge < -0.3 is 35.7 Å². The molecular weight excluding hydrogens is 442 g/mol. The summed E-state index contributed by atoms with van der Waals surface area (Å²) in [6.07, 6.45) is 0.211. The fourth-order valence-electron chi connectivity index (χ4n) is 2.73. The third kappa shape index (κ3) is 17.6. The SMILES string of the molecule is CC(C)COC(=O)[C@@H](N)CCC(=O)N[C@@H](CCCCNC(=O)OC(C)(C)C)C(O)OCC(C)C. The minimum absolute atomic E-state index is 0.0194. The number of aliphatic hydroxyl groups is 1. The van der Waals surface area contributed by atoms with Gasteiger partial charge in [0.05, 0.1) is 19.3 Å². The maximum atomic E-state index is 12.4. The van der Waals surface area contributed by atoms with E-state index in [0.29, 0.717) is 32.4 Å². The summed E-state index contributed by atoms with van der Waals surface area (Å²) in [6.45, 7) is 14.2. The Labute approximate surface area is 204 Å². The lowest BCUT2D eigenvalue weighted by molar-refractivity contribution is -0.146. The molecule has 2 amide bonds. The Hall–Kier alpha value is -1.91. The first-order valence-electron chi connectivity index (χ1n) is 12.2. The summed E-state index contributed by atoms with van der Waals surface area (Å²) in [4.78, 5) is 36.0. The van der Waals surface area contributed by atoms with E-state index in [1.807, 2.05) is 27.7 Å². The van der Waals surface area contributed by atoms with Crippen molar-refractivity contribution in [1.29, 1.82) is 0 Å². The highest BCUT2D eigenvalue weighted by Gasteiger charge is 2.24. The van der Waals surface area contributed by atoms with E-state index in [9.17, 15) is 19.5 Å². The van der Waals surface area contributed by atoms with Crippen molar-refractivity contribution < 1.29 is 33.7 Å². The molecule has 34 heavy (non-hydrogen) atoms. The molecule has 3 atom stereocenters. The largest absolute Gasteiger partial charge is 0.464 e. The van der Waals surface area contributed by atoms with Crippen LogP contribution < -0.4 is 16.4 Å². The molecule has 0 aliphatic rings. The lowest BCUT2D eigenvalue weighted by Gasteiger charge is -2.25. The van der Waals surface area contributed by atoms with Gasteiger partial charge in [-0.2, -0.15) is 0 Å². The zero-order chi connectivity index (χ0) is 26.3. The second-order valence-corrected chi connectivity index (χ2v) is 10.4. The van der Waals surface area contributed by atoms with Crippen molar-refractivity contribution in [2.75, 3.05) is 19.8 Å². The number of ether oxygens (including phenoxy) is 3. The van der Waals surface area contributed by atoms with E-state index in [1.165, 1.54) is 0 Å². The van der Waals surface area contributed by atoms with E-state index >= 15 is 0 Å². The van der Waals surface area contributed by atoms with Gasteiger partial charge in [0.15, 0.2) is 6.29 Å². The van der Waals surface area contributed by atoms with Crippen molar-refractivity contribution in [2.45, 2.75) is 105 Å². The highest BCUT2D eigenvalue weighted by atomic mass is 16.6. The zero-order valence-corrected chi connectivity index (χ0v) is 22.0. The second kappa shape index (κ2) is 16.7. The van der Waals surface area contributed by atoms with Crippen molar-refractivity contribution in [3.63, 3.8) is 0 Å². The predicted octanol–water partition coefficient (Wildman–Crippen LogP) is 2.46. The Balaban J connectivity index is 4.59. The van der Waals surface area contributed by atoms with Gasteiger partial charge in [-0.25, -0.2) is 4.79 Å². The van der Waals surface area contributed by atoms with Crippen LogP contribution >= 0.6 is 0 Å². The van der Waals surface area contributed by atoms with Gasteiger partial charge >= 0.3 is 12.1 Å². The Morgan fingerprint density at radius 2 is 1.59 bits per heavy atom. The number of unbranched alkanes of at least 4 members (excludes halogenated alkanes) is 1. The number of nitrogens with one attached hydrogen (secondary N) is 2. The van der Waals surface area contributed by atoms with Crippen LogP contribution in [-0.4, -0.2) is 66.8 Å². The third-order valence-corrected chi connectivity index (χ3v) is 4.45. The normalized spacial score (nSPS) is 14.4. The first-order chi connectivity index (χ1) is 15.7. The maximum absolute atomic E-state index is 12.4. The van der Waals surface area contributed by atoms with Crippen LogP contribution in [0, 0.1) is 11.8 Å². The number of esters is 1. The van der Waals surface area contributed by atoms with Crippen LogP contribution in [0.15, 0.2) is 0 Å². The molecular formula is C24H47N3O7. The molecule has 0 saturated carbocycles. The molecule has 0 saturated heterocycles. The van der Waals surface area contributed by atoms with Crippen molar-refractivity contribution in [3.8, 4) is 0 Å². The van der Waals surface area contributed by atoms with Crippen LogP contribution in [0.25, 0.3) is 0 Å². The van der Waals surface area contributed by atoms with E-state index in [-0.39, 0.29) is 37.2 Å². The number of nitrogens with two attached hydrogens (primary N) is 1. The lowest BCUT2D eigenvalue weighted by atomic mass is 10.1. The van der Waals surface area contributed by atoms with Gasteiger partial charge in [-0.05, 0) is 58.3 Å². The van der Waals surface area contributed by atoms with Crippen LogP contribution in [0.4, 0.5) is 4.79 Å². The van der Waals surface area contributed by atoms with Gasteiger partial charge in [0.1, 0.15) is 11.6 Å². The molecule has 0 spiro atoms. The highest BCUT2D eigenvalue weighted by Crippen LogP contribution is 2.10. The van der Waals surface area contributed by atoms with Crippen molar-refractivity contribution in [3.05, 3.63) is 0 Å². The summed E-state index contributed by atoms with van der Waals surface area (Å²) in [5, 5.41) is 15.9. The summed E-state index contributed by atoms with van der Waals surface area (Å²) < 4.78 is 15.8. The molecule has 200 valence electrons. The number of hydrogen-bond donors (Lipinski definition) is 4. The minimum Gasteiger partial charge on any atom is -0.464 e. The molecule has 0 rings (SSSR count). The molecule has 10 nitrogen and oxygen atoms in total. The molecule has 0 aromatic heterocycles. The van der Waals surface area contributed by atoms with Crippen molar-refractivity contribution in [1.82, 2.24) is 10.6 Å². The topological polar surface area (TPSA) is 149 Å². The van der Waals surface area contributed by atoms with Gasteiger partial charge in [-0.15, -0.1) is 0 Å². The van der Waals surface area contributed by atoms with Crippen LogP contribution in [0.2, 0.25) is 0 Å². The third-order valence-electron chi connectivity index (χ3n) is 4.45. The molecule has 0 aliphatic heterocycles. The first kappa shape index (κ1) is 32.1. The van der Waals surface area contributed by atoms with Gasteiger partial charge in [0.2, 0.25) is 5.91 Å². The fourth-order valence-corrected chi connectivity index (χ4v) is 2.73. The van der Waals surface area contributed by atoms with Crippen LogP contribution in [0.3, 0.4) is 0 Å². The molecule has 0 bridgehead atoms. The van der Waals surface area contributed by atoms with Gasteiger partial charge in [-0.3, -0.25) is 9.59 Å². The maximum Gasteiger partial charge on any atom is 0.407 e. The number of amides is 2. The molecule has 10 heteroatoms. The molecule has 0 radical (unpaired) electrons. The Kier molecular flexibility index (Phi) is 15.7.